The molecule has 0 N–H and O–H groups in total. The van der Waals surface area contributed by atoms with E-state index in [1.165, 1.54) is 44.5 Å². The number of aromatic nitrogens is 2. The fraction of sp³-hybridized carbons (Fsp3) is 0.188. The largest absolute Gasteiger partial charge is 0.494 e. The van der Waals surface area contributed by atoms with Crippen LogP contribution in [0.2, 0.25) is 0 Å². The molecule has 3 aliphatic rings. The smallest absolute Gasteiger partial charge is 0.399 e. The molecule has 12 rings (SSSR count). The van der Waals surface area contributed by atoms with Crippen molar-refractivity contribution in [2.75, 3.05) is 0 Å². The molecule has 0 unspecified atom stereocenters. The average Bonchev–Trinajstić information content (AvgIpc) is 3.85. The maximum atomic E-state index is 6.75. The summed E-state index contributed by atoms with van der Waals surface area (Å²) in [6, 6.07) is 64.0. The monoisotopic (exact) mass is 894 g/mol. The molecule has 0 radical (unpaired) electrons. The highest BCUT2D eigenvalue weighted by molar-refractivity contribution is 6.62. The minimum Gasteiger partial charge on any atom is -0.399 e. The van der Waals surface area contributed by atoms with Crippen molar-refractivity contribution in [1.82, 2.24) is 9.97 Å². The van der Waals surface area contributed by atoms with Crippen LogP contribution in [0.25, 0.3) is 89.3 Å². The molecule has 336 valence electrons. The Hall–Kier alpha value is -7.18. The van der Waals surface area contributed by atoms with E-state index in [4.69, 9.17) is 19.3 Å². The van der Waals surface area contributed by atoms with E-state index in [0.29, 0.717) is 0 Å². The van der Waals surface area contributed by atoms with E-state index in [2.05, 4.69) is 231 Å². The fourth-order valence-corrected chi connectivity index (χ4v) is 11.2. The lowest BCUT2D eigenvalue weighted by Crippen LogP contribution is -2.41. The van der Waals surface area contributed by atoms with Crippen LogP contribution in [0.3, 0.4) is 0 Å². The lowest BCUT2D eigenvalue weighted by atomic mass is 9.75. The number of benzene rings is 7. The molecule has 1 fully saturated rings. The molecule has 2 aliphatic carbocycles. The molecule has 0 bridgehead atoms. The fourth-order valence-electron chi connectivity index (χ4n) is 11.2. The maximum absolute atomic E-state index is 6.75. The lowest BCUT2D eigenvalue weighted by molar-refractivity contribution is 0.00578. The number of fused-ring (bicyclic) bond motifs is 6. The van der Waals surface area contributed by atoms with Crippen LogP contribution in [-0.2, 0) is 20.1 Å². The van der Waals surface area contributed by atoms with Crippen LogP contribution >= 0.6 is 0 Å². The molecule has 0 saturated carbocycles. The molecule has 0 amide bonds. The number of nitrogens with zero attached hydrogens (tertiary/aromatic N) is 2. The third-order valence-corrected chi connectivity index (χ3v) is 15.9. The second-order valence-corrected chi connectivity index (χ2v) is 21.2. The van der Waals surface area contributed by atoms with E-state index in [1.807, 2.05) is 12.4 Å². The minimum atomic E-state index is -0.551. The molecule has 69 heavy (non-hydrogen) atoms. The quantitative estimate of drug-likeness (QED) is 0.150. The Labute approximate surface area is 407 Å². The first-order valence-electron chi connectivity index (χ1n) is 24.3. The van der Waals surface area contributed by atoms with Gasteiger partial charge < -0.3 is 9.31 Å². The van der Waals surface area contributed by atoms with Crippen molar-refractivity contribution < 1.29 is 9.31 Å². The van der Waals surface area contributed by atoms with Gasteiger partial charge in [0.1, 0.15) is 0 Å². The van der Waals surface area contributed by atoms with Gasteiger partial charge in [-0.2, -0.15) is 0 Å². The summed E-state index contributed by atoms with van der Waals surface area (Å²) in [5.41, 5.74) is 23.3. The summed E-state index contributed by atoms with van der Waals surface area (Å²) in [5, 5.41) is 0. The molecular weight excluding hydrogens is 840 g/mol. The molecule has 9 aromatic rings. The Morgan fingerprint density at radius 2 is 0.667 bits per heavy atom. The second kappa shape index (κ2) is 15.7. The van der Waals surface area contributed by atoms with Crippen LogP contribution in [0.5, 0.6) is 0 Å². The van der Waals surface area contributed by atoms with Gasteiger partial charge in [-0.05, 0) is 141 Å². The van der Waals surface area contributed by atoms with Crippen LogP contribution < -0.4 is 5.46 Å². The van der Waals surface area contributed by atoms with Crippen LogP contribution in [0.4, 0.5) is 0 Å². The van der Waals surface area contributed by atoms with Crippen molar-refractivity contribution in [2.45, 2.75) is 77.4 Å². The zero-order valence-corrected chi connectivity index (χ0v) is 40.7. The van der Waals surface area contributed by atoms with E-state index in [9.17, 15) is 0 Å². The van der Waals surface area contributed by atoms with Gasteiger partial charge >= 0.3 is 7.12 Å². The highest BCUT2D eigenvalue weighted by Gasteiger charge is 2.52. The summed E-state index contributed by atoms with van der Waals surface area (Å²) in [6.07, 6.45) is 4.05. The number of pyridine rings is 2. The topological polar surface area (TPSA) is 44.2 Å². The van der Waals surface area contributed by atoms with Crippen molar-refractivity contribution in [1.29, 1.82) is 0 Å². The van der Waals surface area contributed by atoms with E-state index in [0.717, 1.165) is 72.5 Å². The summed E-state index contributed by atoms with van der Waals surface area (Å²) in [6.45, 7) is 17.7. The molecule has 1 aliphatic heterocycles. The van der Waals surface area contributed by atoms with Gasteiger partial charge in [-0.1, -0.05) is 173 Å². The highest BCUT2D eigenvalue weighted by Crippen LogP contribution is 2.51. The summed E-state index contributed by atoms with van der Waals surface area (Å²) in [4.78, 5) is 10.2. The number of hydrogen-bond donors (Lipinski definition) is 0. The first-order chi connectivity index (χ1) is 33.2. The van der Waals surface area contributed by atoms with Crippen molar-refractivity contribution in [3.05, 3.63) is 211 Å². The summed E-state index contributed by atoms with van der Waals surface area (Å²) >= 11 is 0. The molecule has 4 nitrogen and oxygen atoms in total. The van der Waals surface area contributed by atoms with Crippen LogP contribution in [0.1, 0.15) is 77.6 Å². The van der Waals surface area contributed by atoms with Gasteiger partial charge in [-0.25, -0.2) is 0 Å². The van der Waals surface area contributed by atoms with Gasteiger partial charge in [0.05, 0.1) is 22.6 Å². The normalized spacial score (nSPS) is 16.4. The summed E-state index contributed by atoms with van der Waals surface area (Å²) < 4.78 is 13.5. The third kappa shape index (κ3) is 6.97. The van der Waals surface area contributed by atoms with E-state index in [1.54, 1.807) is 0 Å². The summed E-state index contributed by atoms with van der Waals surface area (Å²) in [7, 11) is -0.551. The third-order valence-electron chi connectivity index (χ3n) is 15.9. The zero-order valence-electron chi connectivity index (χ0n) is 40.7. The maximum Gasteiger partial charge on any atom is 0.494 e. The first-order valence-corrected chi connectivity index (χ1v) is 24.3. The molecule has 3 heterocycles. The number of hydrogen-bond acceptors (Lipinski definition) is 4. The van der Waals surface area contributed by atoms with E-state index < -0.39 is 18.3 Å². The first kappa shape index (κ1) is 43.1. The molecule has 7 aromatic carbocycles. The molecule has 0 spiro atoms. The molecule has 0 atom stereocenters. The van der Waals surface area contributed by atoms with Crippen molar-refractivity contribution >= 4 is 12.6 Å². The molecule has 1 saturated heterocycles. The van der Waals surface area contributed by atoms with Gasteiger partial charge in [0.2, 0.25) is 0 Å². The van der Waals surface area contributed by atoms with Crippen LogP contribution in [0.15, 0.2) is 188 Å². The SMILES string of the molecule is CC1(C)c2ccccc2-c2ccc(-c3ccc(-c4ccccc4-c4cc(B5OC(C)(C)C(C)(C)O5)cc(-c5ccccc5-c5ccc(-c6ccc7c(c6)C(C)(C)c6ccccc6-7)nc5)c4)cn3)cc21. The van der Waals surface area contributed by atoms with Gasteiger partial charge in [-0.3, -0.25) is 9.97 Å². The predicted molar refractivity (Wildman–Crippen MR) is 285 cm³/mol. The van der Waals surface area contributed by atoms with Crippen molar-refractivity contribution in [3.63, 3.8) is 0 Å². The Balaban J connectivity index is 0.908. The lowest BCUT2D eigenvalue weighted by Gasteiger charge is -2.32. The second-order valence-electron chi connectivity index (χ2n) is 21.2. The Kier molecular flexibility index (Phi) is 9.80. The Bertz CT molecular complexity index is 3280. The minimum absolute atomic E-state index is 0.0781. The average molecular weight is 895 g/mol. The van der Waals surface area contributed by atoms with Crippen LogP contribution in [-0.4, -0.2) is 28.3 Å². The van der Waals surface area contributed by atoms with Gasteiger partial charge in [0.25, 0.3) is 0 Å². The van der Waals surface area contributed by atoms with Crippen LogP contribution in [0, 0.1) is 0 Å². The van der Waals surface area contributed by atoms with E-state index in [-0.39, 0.29) is 10.8 Å². The van der Waals surface area contributed by atoms with Gasteiger partial charge in [0, 0.05) is 45.5 Å². The Morgan fingerprint density at radius 1 is 0.319 bits per heavy atom. The van der Waals surface area contributed by atoms with Gasteiger partial charge in [0.15, 0.2) is 0 Å². The van der Waals surface area contributed by atoms with E-state index >= 15 is 0 Å². The highest BCUT2D eigenvalue weighted by atomic mass is 16.7. The standard InChI is InChI=1S/C64H55BN2O2/c1-61(2)55-23-15-13-21-51(55)53-29-25-40(36-57(53)61)59-31-27-42(38-66-59)47-17-9-11-19-49(47)44-33-45(35-46(34-44)65-68-63(5,6)64(7,8)69-65)50-20-12-10-18-48(50)43-28-32-60(67-39-43)41-26-30-54-52-22-14-16-24-56(52)62(3,4)58(54)37-41/h9-39H,1-8H3. The molecule has 2 aromatic heterocycles. The van der Waals surface area contributed by atoms with Crippen molar-refractivity contribution in [3.8, 4) is 89.3 Å². The Morgan fingerprint density at radius 3 is 1.06 bits per heavy atom. The molecular formula is C64H55BN2O2. The van der Waals surface area contributed by atoms with Crippen molar-refractivity contribution in [2.24, 2.45) is 0 Å². The molecule has 5 heteroatoms. The number of rotatable bonds is 7. The van der Waals surface area contributed by atoms with Gasteiger partial charge in [-0.15, -0.1) is 0 Å². The predicted octanol–water partition coefficient (Wildman–Crippen LogP) is 15.4. The zero-order chi connectivity index (χ0) is 47.5. The summed E-state index contributed by atoms with van der Waals surface area (Å²) in [5.74, 6) is 0.